The van der Waals surface area contributed by atoms with Crippen LogP contribution in [0.3, 0.4) is 0 Å². The summed E-state index contributed by atoms with van der Waals surface area (Å²) in [4.78, 5) is 3.82. The predicted octanol–water partition coefficient (Wildman–Crippen LogP) is 6.67. The van der Waals surface area contributed by atoms with Gasteiger partial charge in [-0.2, -0.15) is 0 Å². The molecule has 0 aliphatic carbocycles. The van der Waals surface area contributed by atoms with Gasteiger partial charge in [-0.1, -0.05) is 0 Å². The van der Waals surface area contributed by atoms with Crippen molar-refractivity contribution < 1.29 is 4.74 Å². The molecule has 1 heterocycles. The monoisotopic (exact) mass is 490 g/mol. The van der Waals surface area contributed by atoms with Crippen LogP contribution in [0.25, 0.3) is 10.9 Å². The average Bonchev–Trinajstić information content (AvgIpc) is 3.11. The molecule has 0 spiro atoms. The molecule has 0 amide bonds. The van der Waals surface area contributed by atoms with Gasteiger partial charge in [0.25, 0.3) is 0 Å². The van der Waals surface area contributed by atoms with E-state index in [1.807, 2.05) is 0 Å². The van der Waals surface area contributed by atoms with E-state index in [0.717, 1.165) is 28.6 Å². The van der Waals surface area contributed by atoms with E-state index in [2.05, 4.69) is 50.9 Å². The Bertz CT molecular complexity index is 781. The number of fused-ring (bicyclic) bond motifs is 1. The van der Waals surface area contributed by atoms with Gasteiger partial charge in [-0.05, 0) is 0 Å². The number of nitrogens with one attached hydrogen (secondary N) is 1. The Hall–Kier alpha value is -1.15. The number of ether oxygens (including phenoxy) is 1. The predicted molar refractivity (Wildman–Crippen MR) is 123 cm³/mol. The van der Waals surface area contributed by atoms with Crippen LogP contribution in [-0.4, -0.2) is 30.5 Å². The van der Waals surface area contributed by atoms with Crippen molar-refractivity contribution in [1.82, 2.24) is 4.98 Å². The van der Waals surface area contributed by atoms with E-state index < -0.39 is 18.4 Å². The van der Waals surface area contributed by atoms with E-state index in [1.165, 1.54) is 61.1 Å². The number of hydrogen-bond acceptors (Lipinski definition) is 2. The molecule has 3 nitrogen and oxygen atoms in total. The summed E-state index contributed by atoms with van der Waals surface area (Å²) in [5, 5.41) is 11.4. The molecule has 0 saturated carbocycles. The Morgan fingerprint density at radius 1 is 0.964 bits per heavy atom. The van der Waals surface area contributed by atoms with Crippen molar-refractivity contribution in [3.8, 4) is 11.8 Å². The SMILES string of the molecule is CCC[CH2][Sn]([CH2]CCC)([CH2]CCC)[c]1[nH]c2cc(OC)cc(CC)c2c1C#N. The second-order valence-corrected chi connectivity index (χ2v) is 21.2. The molecule has 0 fully saturated rings. The summed E-state index contributed by atoms with van der Waals surface area (Å²) in [6, 6.07) is 6.85. The second kappa shape index (κ2) is 11.1. The Morgan fingerprint density at radius 2 is 1.54 bits per heavy atom. The molecule has 0 saturated heterocycles. The number of unbranched alkanes of at least 4 members (excludes halogenated alkanes) is 3. The molecule has 2 aromatic rings. The number of nitrogens with zero attached hydrogens (tertiary/aromatic N) is 1. The van der Waals surface area contributed by atoms with Crippen LogP contribution in [-0.2, 0) is 6.42 Å². The zero-order valence-corrected chi connectivity index (χ0v) is 21.4. The first-order valence-electron chi connectivity index (χ1n) is 11.2. The van der Waals surface area contributed by atoms with Crippen LogP contribution in [0.15, 0.2) is 12.1 Å². The molecular formula is C24H38N2OSn. The third kappa shape index (κ3) is 4.87. The normalized spacial score (nSPS) is 11.7. The fourth-order valence-corrected chi connectivity index (χ4v) is 20.9. The van der Waals surface area contributed by atoms with Crippen molar-refractivity contribution in [2.45, 2.75) is 86.0 Å². The van der Waals surface area contributed by atoms with Crippen molar-refractivity contribution in [1.29, 1.82) is 5.26 Å². The Kier molecular flexibility index (Phi) is 9.20. The van der Waals surface area contributed by atoms with Crippen LogP contribution in [0, 0.1) is 11.3 Å². The summed E-state index contributed by atoms with van der Waals surface area (Å²) in [5.41, 5.74) is 3.30. The van der Waals surface area contributed by atoms with Gasteiger partial charge < -0.3 is 0 Å². The van der Waals surface area contributed by atoms with Crippen molar-refractivity contribution in [3.05, 3.63) is 23.3 Å². The number of nitriles is 1. The van der Waals surface area contributed by atoms with Crippen molar-refractivity contribution in [2.24, 2.45) is 0 Å². The number of aromatic nitrogens is 1. The molecule has 0 aliphatic heterocycles. The minimum atomic E-state index is -2.71. The molecule has 2 rings (SSSR count). The van der Waals surface area contributed by atoms with Crippen molar-refractivity contribution in [3.63, 3.8) is 0 Å². The molecule has 0 radical (unpaired) electrons. The summed E-state index contributed by atoms with van der Waals surface area (Å²) >= 11 is -2.71. The van der Waals surface area contributed by atoms with E-state index in [1.54, 1.807) is 7.11 Å². The van der Waals surface area contributed by atoms with Crippen molar-refractivity contribution >= 4 is 33.0 Å². The third-order valence-corrected chi connectivity index (χ3v) is 21.6. The molecule has 28 heavy (non-hydrogen) atoms. The summed E-state index contributed by atoms with van der Waals surface area (Å²) in [6.07, 6.45) is 8.55. The van der Waals surface area contributed by atoms with Gasteiger partial charge in [0.05, 0.1) is 0 Å². The van der Waals surface area contributed by atoms with E-state index in [4.69, 9.17) is 4.74 Å². The second-order valence-electron chi connectivity index (χ2n) is 8.14. The van der Waals surface area contributed by atoms with Gasteiger partial charge in [0.15, 0.2) is 0 Å². The molecule has 0 aliphatic rings. The number of aromatic amines is 1. The first kappa shape index (κ1) is 23.1. The zero-order valence-electron chi connectivity index (χ0n) is 18.6. The summed E-state index contributed by atoms with van der Waals surface area (Å²) < 4.78 is 11.0. The van der Waals surface area contributed by atoms with Gasteiger partial charge >= 0.3 is 176 Å². The maximum atomic E-state index is 10.2. The fourth-order valence-electron chi connectivity index (χ4n) is 4.59. The van der Waals surface area contributed by atoms with E-state index in [-0.39, 0.29) is 0 Å². The number of methoxy groups -OCH3 is 1. The molecule has 1 aromatic heterocycles. The van der Waals surface area contributed by atoms with Crippen LogP contribution in [0.4, 0.5) is 0 Å². The molecule has 0 bridgehead atoms. The van der Waals surface area contributed by atoms with E-state index in [9.17, 15) is 5.26 Å². The molecular weight excluding hydrogens is 451 g/mol. The summed E-state index contributed by atoms with van der Waals surface area (Å²) in [7, 11) is 1.73. The summed E-state index contributed by atoms with van der Waals surface area (Å²) in [5.74, 6) is 0.887. The third-order valence-electron chi connectivity index (χ3n) is 6.24. The number of H-pyrrole nitrogens is 1. The molecule has 0 atom stereocenters. The molecule has 4 heteroatoms. The average molecular weight is 489 g/mol. The van der Waals surface area contributed by atoms with Crippen LogP contribution in [0.5, 0.6) is 5.75 Å². The summed E-state index contributed by atoms with van der Waals surface area (Å²) in [6.45, 7) is 9.07. The Balaban J connectivity index is 2.74. The van der Waals surface area contributed by atoms with Gasteiger partial charge in [0.2, 0.25) is 0 Å². The van der Waals surface area contributed by atoms with Crippen LogP contribution < -0.4 is 8.45 Å². The molecule has 0 unspecified atom stereocenters. The van der Waals surface area contributed by atoms with Crippen molar-refractivity contribution in [2.75, 3.05) is 7.11 Å². The van der Waals surface area contributed by atoms with Gasteiger partial charge in [-0.25, -0.2) is 0 Å². The number of hydrogen-bond donors (Lipinski definition) is 1. The molecule has 1 N–H and O–H groups in total. The first-order chi connectivity index (χ1) is 13.6. The van der Waals surface area contributed by atoms with E-state index >= 15 is 0 Å². The maximum absolute atomic E-state index is 10.2. The number of aryl methyl sites for hydroxylation is 1. The van der Waals surface area contributed by atoms with Crippen LogP contribution in [0.1, 0.15) is 77.3 Å². The van der Waals surface area contributed by atoms with E-state index in [0.29, 0.717) is 0 Å². The number of rotatable bonds is 12. The van der Waals surface area contributed by atoms with Gasteiger partial charge in [-0.15, -0.1) is 0 Å². The quantitative estimate of drug-likeness (QED) is 0.339. The number of benzene rings is 1. The molecule has 1 aromatic carbocycles. The fraction of sp³-hybridized carbons (Fsp3) is 0.625. The topological polar surface area (TPSA) is 48.8 Å². The van der Waals surface area contributed by atoms with Gasteiger partial charge in [0.1, 0.15) is 0 Å². The van der Waals surface area contributed by atoms with Gasteiger partial charge in [0, 0.05) is 0 Å². The first-order valence-corrected chi connectivity index (χ1v) is 18.7. The Morgan fingerprint density at radius 3 is 1.96 bits per heavy atom. The van der Waals surface area contributed by atoms with Crippen LogP contribution >= 0.6 is 0 Å². The van der Waals surface area contributed by atoms with Gasteiger partial charge in [-0.3, -0.25) is 0 Å². The van der Waals surface area contributed by atoms with Crippen LogP contribution in [0.2, 0.25) is 13.3 Å². The minimum absolute atomic E-state index is 0.887. The Labute approximate surface area is 175 Å². The zero-order chi connectivity index (χ0) is 20.6. The molecule has 154 valence electrons. The standard InChI is InChI=1S/C12H11N2O.3C4H9.Sn/c1-3-8-4-10(15-2)5-11-12(8)9(6-13)7-14-11;3*1-3-4-2;/h4-5,14H,3H2,1-2H3;3*1,3-4H2,2H3;.